The van der Waals surface area contributed by atoms with Crippen molar-refractivity contribution in [2.45, 2.75) is 134 Å². The molecule has 2 saturated carbocycles. The van der Waals surface area contributed by atoms with Gasteiger partial charge in [-0.3, -0.25) is 0 Å². The molecule has 0 aromatic heterocycles. The zero-order valence-electron chi connectivity index (χ0n) is 26.4. The number of aliphatic hydroxyl groups is 8. The zero-order valence-corrected chi connectivity index (χ0v) is 26.4. The third kappa shape index (κ3) is 7.12. The number of rotatable bonds is 10. The highest BCUT2D eigenvalue weighted by Crippen LogP contribution is 2.62. The highest BCUT2D eigenvalue weighted by molar-refractivity contribution is 5.20. The molecule has 2 aliphatic carbocycles. The van der Waals surface area contributed by atoms with Gasteiger partial charge in [-0.15, -0.1) is 0 Å². The second-order valence-electron chi connectivity index (χ2n) is 14.2. The van der Waals surface area contributed by atoms with Gasteiger partial charge in [-0.25, -0.2) is 0 Å². The molecule has 44 heavy (non-hydrogen) atoms. The van der Waals surface area contributed by atoms with E-state index in [4.69, 9.17) is 18.9 Å². The zero-order chi connectivity index (χ0) is 32.6. The summed E-state index contributed by atoms with van der Waals surface area (Å²) in [4.78, 5) is 0. The Bertz CT molecular complexity index is 1000. The van der Waals surface area contributed by atoms with Crippen molar-refractivity contribution in [1.29, 1.82) is 0 Å². The Labute approximate surface area is 259 Å². The summed E-state index contributed by atoms with van der Waals surface area (Å²) in [6, 6.07) is 0. The standard InChI is InChI=1S/C32H54O12/c1-16(9-12-41-29-26(39)24(37)22(35)20(14-33)43-29)7-8-18-17(2)13-19(28-31(3,4)10-6-11-32(18,28)5)42-30-27(40)25(38)23(36)21(15-34)44-30/h9,18-30,33-40H,2,6-8,10-15H2,1,3-5H3/b16-9+/t18-,19?,20+,21+,22+,23+,24-,25-,26+,27+,28-,29+,30+,32+/m0/s1. The minimum atomic E-state index is -1.50. The molecule has 4 fully saturated rings. The van der Waals surface area contributed by atoms with Gasteiger partial charge in [0.05, 0.1) is 25.9 Å². The van der Waals surface area contributed by atoms with E-state index in [-0.39, 0.29) is 35.4 Å². The third-order valence-electron chi connectivity index (χ3n) is 10.7. The van der Waals surface area contributed by atoms with Crippen LogP contribution in [0, 0.1) is 22.7 Å². The second kappa shape index (κ2) is 14.4. The highest BCUT2D eigenvalue weighted by atomic mass is 16.7. The molecule has 12 heteroatoms. The fourth-order valence-corrected chi connectivity index (χ4v) is 8.41. The van der Waals surface area contributed by atoms with E-state index in [2.05, 4.69) is 27.4 Å². The third-order valence-corrected chi connectivity index (χ3v) is 10.7. The average molecular weight is 631 g/mol. The summed E-state index contributed by atoms with van der Waals surface area (Å²) in [6.07, 6.45) is -6.49. The van der Waals surface area contributed by atoms with Crippen molar-refractivity contribution in [3.05, 3.63) is 23.8 Å². The van der Waals surface area contributed by atoms with Gasteiger partial charge < -0.3 is 59.8 Å². The van der Waals surface area contributed by atoms with E-state index in [1.165, 1.54) is 0 Å². The molecule has 0 aromatic carbocycles. The van der Waals surface area contributed by atoms with Crippen LogP contribution >= 0.6 is 0 Å². The molecule has 14 atom stereocenters. The van der Waals surface area contributed by atoms with E-state index < -0.39 is 74.6 Å². The molecule has 254 valence electrons. The van der Waals surface area contributed by atoms with Crippen molar-refractivity contribution in [2.24, 2.45) is 22.7 Å². The van der Waals surface area contributed by atoms with Crippen LogP contribution in [0.15, 0.2) is 23.8 Å². The number of allylic oxidation sites excluding steroid dienone is 1. The topological polar surface area (TPSA) is 199 Å². The molecule has 4 aliphatic rings. The van der Waals surface area contributed by atoms with Crippen molar-refractivity contribution in [1.82, 2.24) is 0 Å². The predicted octanol–water partition coefficient (Wildman–Crippen LogP) is 0.123. The number of ether oxygens (including phenoxy) is 4. The number of aliphatic hydroxyl groups excluding tert-OH is 8. The van der Waals surface area contributed by atoms with E-state index in [1.807, 2.05) is 13.0 Å². The Kier molecular flexibility index (Phi) is 11.7. The van der Waals surface area contributed by atoms with E-state index in [0.29, 0.717) is 6.42 Å². The summed E-state index contributed by atoms with van der Waals surface area (Å²) < 4.78 is 23.2. The van der Waals surface area contributed by atoms with Crippen molar-refractivity contribution < 1.29 is 59.8 Å². The van der Waals surface area contributed by atoms with Crippen molar-refractivity contribution in [3.8, 4) is 0 Å². The molecular formula is C32H54O12. The number of hydrogen-bond donors (Lipinski definition) is 8. The first-order valence-corrected chi connectivity index (χ1v) is 15.9. The molecule has 1 unspecified atom stereocenters. The van der Waals surface area contributed by atoms with Crippen LogP contribution in [0.3, 0.4) is 0 Å². The monoisotopic (exact) mass is 630 g/mol. The Balaban J connectivity index is 1.42. The normalized spacial score (nSPS) is 46.5. The first kappa shape index (κ1) is 35.8. The summed E-state index contributed by atoms with van der Waals surface area (Å²) in [7, 11) is 0. The quantitative estimate of drug-likeness (QED) is 0.152. The Hall–Kier alpha value is -1.00. The van der Waals surface area contributed by atoms with Gasteiger partial charge in [0.1, 0.15) is 48.8 Å². The summed E-state index contributed by atoms with van der Waals surface area (Å²) in [5, 5.41) is 80.5. The van der Waals surface area contributed by atoms with Gasteiger partial charge in [-0.1, -0.05) is 51.0 Å². The summed E-state index contributed by atoms with van der Waals surface area (Å²) in [5.74, 6) is 0.280. The van der Waals surface area contributed by atoms with Crippen molar-refractivity contribution in [2.75, 3.05) is 19.8 Å². The number of hydrogen-bond acceptors (Lipinski definition) is 12. The summed E-state index contributed by atoms with van der Waals surface area (Å²) >= 11 is 0. The van der Waals surface area contributed by atoms with E-state index in [0.717, 1.165) is 43.3 Å². The predicted molar refractivity (Wildman–Crippen MR) is 158 cm³/mol. The maximum Gasteiger partial charge on any atom is 0.187 e. The maximum absolute atomic E-state index is 10.7. The minimum absolute atomic E-state index is 0.0884. The molecular weight excluding hydrogens is 576 g/mol. The first-order chi connectivity index (χ1) is 20.7. The van der Waals surface area contributed by atoms with Crippen LogP contribution in [0.25, 0.3) is 0 Å². The molecule has 8 N–H and O–H groups in total. The Morgan fingerprint density at radius 2 is 1.43 bits per heavy atom. The molecule has 2 aliphatic heterocycles. The molecule has 0 bridgehead atoms. The van der Waals surface area contributed by atoms with E-state index >= 15 is 0 Å². The van der Waals surface area contributed by atoms with Gasteiger partial charge in [0, 0.05) is 0 Å². The first-order valence-electron chi connectivity index (χ1n) is 15.9. The average Bonchev–Trinajstić information content (AvgIpc) is 2.96. The van der Waals surface area contributed by atoms with Gasteiger partial charge in [0.2, 0.25) is 0 Å². The van der Waals surface area contributed by atoms with E-state index in [9.17, 15) is 40.9 Å². The van der Waals surface area contributed by atoms with Gasteiger partial charge >= 0.3 is 0 Å². The number of fused-ring (bicyclic) bond motifs is 1. The molecule has 0 spiro atoms. The van der Waals surface area contributed by atoms with Crippen molar-refractivity contribution in [3.63, 3.8) is 0 Å². The SMILES string of the molecule is C=C1CC(O[C@@H]2O[C@H](CO)[C@@H](O)[C@H](O)[C@H]2O)[C@H]2C(C)(C)CCC[C@]2(C)[C@H]1CC/C(C)=C/CO[C@@H]1O[C@H](CO)[C@@H](O)[C@H](O)[C@H]1O. The van der Waals surface area contributed by atoms with E-state index in [1.54, 1.807) is 0 Å². The van der Waals surface area contributed by atoms with Crippen LogP contribution in [0.5, 0.6) is 0 Å². The lowest BCUT2D eigenvalue weighted by atomic mass is 9.46. The Morgan fingerprint density at radius 3 is 2.02 bits per heavy atom. The summed E-state index contributed by atoms with van der Waals surface area (Å²) in [5.41, 5.74) is 1.86. The van der Waals surface area contributed by atoms with Crippen LogP contribution in [0.2, 0.25) is 0 Å². The fourth-order valence-electron chi connectivity index (χ4n) is 8.41. The lowest BCUT2D eigenvalue weighted by Gasteiger charge is -2.61. The van der Waals surface area contributed by atoms with Gasteiger partial charge in [0.25, 0.3) is 0 Å². The molecule has 0 radical (unpaired) electrons. The molecule has 2 saturated heterocycles. The molecule has 12 nitrogen and oxygen atoms in total. The minimum Gasteiger partial charge on any atom is -0.394 e. The highest BCUT2D eigenvalue weighted by Gasteiger charge is 2.58. The van der Waals surface area contributed by atoms with Gasteiger partial charge in [0.15, 0.2) is 12.6 Å². The van der Waals surface area contributed by atoms with Gasteiger partial charge in [-0.2, -0.15) is 0 Å². The van der Waals surface area contributed by atoms with Crippen LogP contribution in [0.1, 0.15) is 66.2 Å². The lowest BCUT2D eigenvalue weighted by Crippen LogP contribution is -2.62. The molecule has 0 amide bonds. The van der Waals surface area contributed by atoms with Gasteiger partial charge in [-0.05, 0) is 61.7 Å². The second-order valence-corrected chi connectivity index (χ2v) is 14.2. The van der Waals surface area contributed by atoms with Crippen molar-refractivity contribution >= 4 is 0 Å². The molecule has 4 rings (SSSR count). The largest absolute Gasteiger partial charge is 0.394 e. The maximum atomic E-state index is 10.7. The Morgan fingerprint density at radius 1 is 0.864 bits per heavy atom. The lowest BCUT2D eigenvalue weighted by molar-refractivity contribution is -0.324. The molecule has 2 heterocycles. The van der Waals surface area contributed by atoms with Crippen LogP contribution in [0.4, 0.5) is 0 Å². The summed E-state index contributed by atoms with van der Waals surface area (Å²) in [6.45, 7) is 12.3. The smallest absolute Gasteiger partial charge is 0.187 e. The molecule has 0 aromatic rings. The van der Waals surface area contributed by atoms with Crippen LogP contribution < -0.4 is 0 Å². The fraction of sp³-hybridized carbons (Fsp3) is 0.875. The van der Waals surface area contributed by atoms with Crippen LogP contribution in [-0.2, 0) is 18.9 Å². The van der Waals surface area contributed by atoms with Crippen LogP contribution in [-0.4, -0.2) is 128 Å².